The Balaban J connectivity index is 1.70. The van der Waals surface area contributed by atoms with E-state index in [4.69, 9.17) is 4.74 Å². The third-order valence-corrected chi connectivity index (χ3v) is 4.86. The van der Waals surface area contributed by atoms with Crippen LogP contribution in [0.15, 0.2) is 24.3 Å². The Labute approximate surface area is 167 Å². The van der Waals surface area contributed by atoms with Crippen molar-refractivity contribution in [1.29, 1.82) is 0 Å². The Kier molecular flexibility index (Phi) is 5.95. The van der Waals surface area contributed by atoms with E-state index in [-0.39, 0.29) is 25.5 Å². The molecule has 9 heteroatoms. The van der Waals surface area contributed by atoms with Crippen molar-refractivity contribution in [2.24, 2.45) is 0 Å². The van der Waals surface area contributed by atoms with E-state index in [1.807, 2.05) is 0 Å². The van der Waals surface area contributed by atoms with Gasteiger partial charge in [-0.25, -0.2) is 9.18 Å². The van der Waals surface area contributed by atoms with Crippen LogP contribution in [0.3, 0.4) is 0 Å². The SMILES string of the molecule is CC(=O)NC[C@H]1CN(c2ccc(C3=CCN(C(=O)C(C)=O)CC3)c(F)c2)C(=O)O1. The van der Waals surface area contributed by atoms with Gasteiger partial charge in [-0.1, -0.05) is 6.08 Å². The van der Waals surface area contributed by atoms with E-state index in [1.165, 1.54) is 29.7 Å². The molecule has 1 N–H and O–H groups in total. The predicted octanol–water partition coefficient (Wildman–Crippen LogP) is 1.49. The average Bonchev–Trinajstić information content (AvgIpc) is 3.06. The van der Waals surface area contributed by atoms with Crippen LogP contribution in [0.2, 0.25) is 0 Å². The molecule has 2 aliphatic heterocycles. The standard InChI is InChI=1S/C20H22FN3O5/c1-12(25)19(27)23-7-5-14(6-8-23)17-4-3-15(9-18(17)21)24-11-16(29-20(24)28)10-22-13(2)26/h3-5,9,16H,6-8,10-11H2,1-2H3,(H,22,26)/t16-/m0/s1. The molecular weight excluding hydrogens is 381 g/mol. The van der Waals surface area contributed by atoms with Crippen molar-refractivity contribution in [2.45, 2.75) is 26.4 Å². The van der Waals surface area contributed by atoms with E-state index >= 15 is 0 Å². The van der Waals surface area contributed by atoms with E-state index in [1.54, 1.807) is 18.2 Å². The summed E-state index contributed by atoms with van der Waals surface area (Å²) in [4.78, 5) is 48.8. The van der Waals surface area contributed by atoms with Crippen molar-refractivity contribution in [3.63, 3.8) is 0 Å². The minimum atomic E-state index is -0.595. The second-order valence-electron chi connectivity index (χ2n) is 7.00. The highest BCUT2D eigenvalue weighted by atomic mass is 19.1. The highest BCUT2D eigenvalue weighted by molar-refractivity contribution is 6.35. The van der Waals surface area contributed by atoms with E-state index in [0.717, 1.165) is 5.57 Å². The summed E-state index contributed by atoms with van der Waals surface area (Å²) in [5.41, 5.74) is 1.51. The van der Waals surface area contributed by atoms with Crippen LogP contribution in [0.4, 0.5) is 14.9 Å². The van der Waals surface area contributed by atoms with Crippen molar-refractivity contribution in [3.8, 4) is 0 Å². The molecule has 154 valence electrons. The van der Waals surface area contributed by atoms with Gasteiger partial charge in [0.05, 0.1) is 18.8 Å². The number of nitrogens with one attached hydrogen (secondary N) is 1. The first-order chi connectivity index (χ1) is 13.8. The zero-order valence-corrected chi connectivity index (χ0v) is 16.2. The number of hydrogen-bond donors (Lipinski definition) is 1. The van der Waals surface area contributed by atoms with Crippen molar-refractivity contribution in [3.05, 3.63) is 35.7 Å². The number of nitrogens with zero attached hydrogens (tertiary/aromatic N) is 2. The second kappa shape index (κ2) is 8.42. The molecule has 0 spiro atoms. The van der Waals surface area contributed by atoms with E-state index in [2.05, 4.69) is 5.32 Å². The van der Waals surface area contributed by atoms with Crippen molar-refractivity contribution in [2.75, 3.05) is 31.1 Å². The van der Waals surface area contributed by atoms with Crippen LogP contribution in [0.1, 0.15) is 25.8 Å². The van der Waals surface area contributed by atoms with Crippen LogP contribution < -0.4 is 10.2 Å². The molecule has 1 fully saturated rings. The summed E-state index contributed by atoms with van der Waals surface area (Å²) < 4.78 is 19.9. The average molecular weight is 403 g/mol. The van der Waals surface area contributed by atoms with Gasteiger partial charge in [-0.3, -0.25) is 19.3 Å². The normalized spacial score (nSPS) is 18.9. The molecule has 1 saturated heterocycles. The first-order valence-corrected chi connectivity index (χ1v) is 9.27. The Morgan fingerprint density at radius 1 is 1.28 bits per heavy atom. The topological polar surface area (TPSA) is 96.0 Å². The molecule has 0 unspecified atom stereocenters. The molecule has 2 heterocycles. The Morgan fingerprint density at radius 3 is 2.62 bits per heavy atom. The lowest BCUT2D eigenvalue weighted by molar-refractivity contribution is -0.143. The number of amides is 3. The van der Waals surface area contributed by atoms with Crippen molar-refractivity contribution in [1.82, 2.24) is 10.2 Å². The van der Waals surface area contributed by atoms with Crippen LogP contribution in [0, 0.1) is 5.82 Å². The number of ketones is 1. The largest absolute Gasteiger partial charge is 0.442 e. The second-order valence-corrected chi connectivity index (χ2v) is 7.00. The number of rotatable bonds is 5. The molecule has 0 saturated carbocycles. The third kappa shape index (κ3) is 4.61. The number of anilines is 1. The van der Waals surface area contributed by atoms with Gasteiger partial charge in [0.15, 0.2) is 0 Å². The first kappa shape index (κ1) is 20.5. The zero-order chi connectivity index (χ0) is 21.1. The van der Waals surface area contributed by atoms with Crippen LogP contribution in [-0.2, 0) is 19.1 Å². The molecule has 0 bridgehead atoms. The molecule has 1 aromatic rings. The molecule has 0 aromatic heterocycles. The number of hydrogen-bond acceptors (Lipinski definition) is 5. The van der Waals surface area contributed by atoms with Gasteiger partial charge in [-0.05, 0) is 30.2 Å². The number of halogens is 1. The molecule has 1 atom stereocenters. The maximum atomic E-state index is 14.7. The highest BCUT2D eigenvalue weighted by Gasteiger charge is 2.33. The smallest absolute Gasteiger partial charge is 0.414 e. The van der Waals surface area contributed by atoms with Gasteiger partial charge >= 0.3 is 6.09 Å². The summed E-state index contributed by atoms with van der Waals surface area (Å²) in [5.74, 6) is -1.78. The monoisotopic (exact) mass is 403 g/mol. The van der Waals surface area contributed by atoms with Gasteiger partial charge in [0.1, 0.15) is 11.9 Å². The van der Waals surface area contributed by atoms with Crippen LogP contribution in [-0.4, -0.2) is 60.9 Å². The van der Waals surface area contributed by atoms with Gasteiger partial charge in [0.2, 0.25) is 11.7 Å². The Hall–Kier alpha value is -3.23. The summed E-state index contributed by atoms with van der Waals surface area (Å²) in [6.45, 7) is 3.60. The summed E-state index contributed by atoms with van der Waals surface area (Å²) >= 11 is 0. The summed E-state index contributed by atoms with van der Waals surface area (Å²) in [6.07, 6.45) is 1.07. The minimum Gasteiger partial charge on any atom is -0.442 e. The molecule has 0 aliphatic carbocycles. The van der Waals surface area contributed by atoms with E-state index in [9.17, 15) is 23.6 Å². The van der Waals surface area contributed by atoms with Gasteiger partial charge in [-0.2, -0.15) is 0 Å². The maximum Gasteiger partial charge on any atom is 0.414 e. The fourth-order valence-corrected chi connectivity index (χ4v) is 3.35. The van der Waals surface area contributed by atoms with Crippen LogP contribution in [0.25, 0.3) is 5.57 Å². The summed E-state index contributed by atoms with van der Waals surface area (Å²) in [5, 5.41) is 2.59. The van der Waals surface area contributed by atoms with Crippen molar-refractivity contribution < 1.29 is 28.3 Å². The fraction of sp³-hybridized carbons (Fsp3) is 0.400. The van der Waals surface area contributed by atoms with Crippen LogP contribution in [0.5, 0.6) is 0 Å². The molecule has 3 amide bonds. The number of benzene rings is 1. The lowest BCUT2D eigenvalue weighted by atomic mass is 9.98. The first-order valence-electron chi connectivity index (χ1n) is 9.27. The van der Waals surface area contributed by atoms with Crippen LogP contribution >= 0.6 is 0 Å². The Bertz CT molecular complexity index is 898. The third-order valence-electron chi connectivity index (χ3n) is 4.86. The maximum absolute atomic E-state index is 14.7. The molecule has 8 nitrogen and oxygen atoms in total. The lowest BCUT2D eigenvalue weighted by Gasteiger charge is -2.26. The molecular formula is C20H22FN3O5. The summed E-state index contributed by atoms with van der Waals surface area (Å²) in [6, 6.07) is 4.49. The van der Waals surface area contributed by atoms with E-state index < -0.39 is 29.7 Å². The number of Topliss-reactive ketones (excluding diaryl/α,β-unsaturated/α-hetero) is 1. The quantitative estimate of drug-likeness (QED) is 0.752. The molecule has 3 rings (SSSR count). The number of carbonyl (C=O) groups is 4. The van der Waals surface area contributed by atoms with Gasteiger partial charge < -0.3 is 15.0 Å². The Morgan fingerprint density at radius 2 is 2.03 bits per heavy atom. The summed E-state index contributed by atoms with van der Waals surface area (Å²) in [7, 11) is 0. The van der Waals surface area contributed by atoms with Gasteiger partial charge in [0.25, 0.3) is 5.91 Å². The molecule has 2 aliphatic rings. The molecule has 29 heavy (non-hydrogen) atoms. The molecule has 0 radical (unpaired) electrons. The molecule has 1 aromatic carbocycles. The minimum absolute atomic E-state index is 0.195. The zero-order valence-electron chi connectivity index (χ0n) is 16.2. The van der Waals surface area contributed by atoms with E-state index in [0.29, 0.717) is 24.2 Å². The van der Waals surface area contributed by atoms with Crippen molar-refractivity contribution >= 4 is 35.0 Å². The predicted molar refractivity (Wildman–Crippen MR) is 103 cm³/mol. The van der Waals surface area contributed by atoms with Gasteiger partial charge in [-0.15, -0.1) is 0 Å². The van der Waals surface area contributed by atoms with Gasteiger partial charge in [0, 0.05) is 32.5 Å². The fourth-order valence-electron chi connectivity index (χ4n) is 3.35. The number of carbonyl (C=O) groups excluding carboxylic acids is 4. The highest BCUT2D eigenvalue weighted by Crippen LogP contribution is 2.29. The number of ether oxygens (including phenoxy) is 1. The number of cyclic esters (lactones) is 1. The lowest BCUT2D eigenvalue weighted by Crippen LogP contribution is -2.38.